The number of urea groups is 1. The maximum atomic E-state index is 12.7. The summed E-state index contributed by atoms with van der Waals surface area (Å²) >= 11 is 0. The van der Waals surface area contributed by atoms with Crippen molar-refractivity contribution >= 4 is 16.1 Å². The monoisotopic (exact) mass is 408 g/mol. The summed E-state index contributed by atoms with van der Waals surface area (Å²) in [4.78, 5) is 14.3. The van der Waals surface area contributed by atoms with E-state index in [0.29, 0.717) is 18.8 Å². The van der Waals surface area contributed by atoms with Gasteiger partial charge in [0.1, 0.15) is 11.5 Å². The smallest absolute Gasteiger partial charge is 0.318 e. The van der Waals surface area contributed by atoms with E-state index in [9.17, 15) is 13.2 Å². The van der Waals surface area contributed by atoms with Gasteiger partial charge in [-0.3, -0.25) is 0 Å². The molecular weight excluding hydrogens is 380 g/mol. The molecule has 2 aromatic rings. The van der Waals surface area contributed by atoms with Gasteiger partial charge < -0.3 is 18.8 Å². The molecule has 0 aliphatic rings. The maximum Gasteiger partial charge on any atom is 0.318 e. The SMILES string of the molecule is CC(C)S(=O)(=O)Oc1ccc(CN(Cc2ccco2)C(=O)NC(C)(C)C)cc1. The summed E-state index contributed by atoms with van der Waals surface area (Å²) in [6, 6.07) is 10.0. The number of furan rings is 1. The summed E-state index contributed by atoms with van der Waals surface area (Å²) in [6.07, 6.45) is 1.57. The zero-order valence-corrected chi connectivity index (χ0v) is 17.7. The molecule has 1 heterocycles. The van der Waals surface area contributed by atoms with Gasteiger partial charge in [-0.2, -0.15) is 8.42 Å². The van der Waals surface area contributed by atoms with Crippen molar-refractivity contribution in [3.63, 3.8) is 0 Å². The van der Waals surface area contributed by atoms with Crippen LogP contribution in [0.5, 0.6) is 5.75 Å². The topological polar surface area (TPSA) is 88.9 Å². The zero-order valence-electron chi connectivity index (χ0n) is 16.9. The molecule has 28 heavy (non-hydrogen) atoms. The highest BCUT2D eigenvalue weighted by molar-refractivity contribution is 7.87. The fourth-order valence-corrected chi connectivity index (χ4v) is 2.86. The Kier molecular flexibility index (Phi) is 6.77. The van der Waals surface area contributed by atoms with Crippen molar-refractivity contribution in [3.8, 4) is 5.75 Å². The maximum absolute atomic E-state index is 12.7. The molecule has 2 amide bonds. The number of benzene rings is 1. The number of nitrogens with zero attached hydrogens (tertiary/aromatic N) is 1. The van der Waals surface area contributed by atoms with Crippen LogP contribution in [0.4, 0.5) is 4.79 Å². The Labute approximate surface area is 166 Å². The minimum absolute atomic E-state index is 0.216. The highest BCUT2D eigenvalue weighted by Gasteiger charge is 2.21. The lowest BCUT2D eigenvalue weighted by atomic mass is 10.1. The lowest BCUT2D eigenvalue weighted by molar-refractivity contribution is 0.178. The van der Waals surface area contributed by atoms with E-state index in [0.717, 1.165) is 5.56 Å². The van der Waals surface area contributed by atoms with Gasteiger partial charge in [0.05, 0.1) is 18.1 Å². The van der Waals surface area contributed by atoms with Crippen LogP contribution < -0.4 is 9.50 Å². The predicted molar refractivity (Wildman–Crippen MR) is 107 cm³/mol. The Morgan fingerprint density at radius 2 is 1.79 bits per heavy atom. The van der Waals surface area contributed by atoms with Crippen molar-refractivity contribution in [3.05, 3.63) is 54.0 Å². The summed E-state index contributed by atoms with van der Waals surface area (Å²) in [5, 5.41) is 2.32. The third-order valence-corrected chi connectivity index (χ3v) is 5.36. The molecule has 2 rings (SSSR count). The Morgan fingerprint density at radius 1 is 1.14 bits per heavy atom. The Hall–Kier alpha value is -2.48. The molecule has 0 fully saturated rings. The minimum Gasteiger partial charge on any atom is -0.467 e. The van der Waals surface area contributed by atoms with Crippen molar-refractivity contribution < 1.29 is 21.8 Å². The summed E-state index contributed by atoms with van der Waals surface area (Å²) in [6.45, 7) is 9.51. The highest BCUT2D eigenvalue weighted by Crippen LogP contribution is 2.19. The third-order valence-electron chi connectivity index (χ3n) is 3.78. The molecule has 154 valence electrons. The lowest BCUT2D eigenvalue weighted by Crippen LogP contribution is -2.47. The fourth-order valence-electron chi connectivity index (χ4n) is 2.29. The third kappa shape index (κ3) is 6.60. The van der Waals surface area contributed by atoms with Gasteiger partial charge in [-0.05, 0) is 64.4 Å². The fraction of sp³-hybridized carbons (Fsp3) is 0.450. The first-order chi connectivity index (χ1) is 13.0. The first-order valence-electron chi connectivity index (χ1n) is 9.08. The Bertz CT molecular complexity index is 866. The summed E-state index contributed by atoms with van der Waals surface area (Å²) in [7, 11) is -3.64. The van der Waals surface area contributed by atoms with Gasteiger partial charge in [0, 0.05) is 12.1 Å². The molecule has 0 unspecified atom stereocenters. The minimum atomic E-state index is -3.64. The molecule has 1 N–H and O–H groups in total. The number of carbonyl (C=O) groups excluding carboxylic acids is 1. The molecule has 0 saturated carbocycles. The van der Waals surface area contributed by atoms with E-state index in [1.807, 2.05) is 26.8 Å². The second-order valence-corrected chi connectivity index (χ2v) is 9.98. The van der Waals surface area contributed by atoms with Gasteiger partial charge in [0.25, 0.3) is 0 Å². The molecule has 7 nitrogen and oxygen atoms in total. The average molecular weight is 409 g/mol. The average Bonchev–Trinajstić information content (AvgIpc) is 3.07. The molecular formula is C20H28N2O5S. The molecule has 0 atom stereocenters. The van der Waals surface area contributed by atoms with Crippen molar-refractivity contribution in [2.24, 2.45) is 0 Å². The van der Waals surface area contributed by atoms with Gasteiger partial charge >= 0.3 is 16.1 Å². The van der Waals surface area contributed by atoms with Gasteiger partial charge in [0.15, 0.2) is 0 Å². The van der Waals surface area contributed by atoms with Crippen molar-refractivity contribution in [2.45, 2.75) is 58.5 Å². The number of nitrogens with one attached hydrogen (secondary N) is 1. The van der Waals surface area contributed by atoms with Crippen LogP contribution in [0.25, 0.3) is 0 Å². The van der Waals surface area contributed by atoms with Crippen LogP contribution in [0.2, 0.25) is 0 Å². The van der Waals surface area contributed by atoms with Gasteiger partial charge in [-0.1, -0.05) is 12.1 Å². The molecule has 0 saturated heterocycles. The Balaban J connectivity index is 2.13. The van der Waals surface area contributed by atoms with E-state index in [4.69, 9.17) is 8.60 Å². The molecule has 1 aromatic heterocycles. The second kappa shape index (κ2) is 8.68. The largest absolute Gasteiger partial charge is 0.467 e. The van der Waals surface area contributed by atoms with Crippen LogP contribution in [0, 0.1) is 0 Å². The first kappa shape index (κ1) is 21.8. The lowest BCUT2D eigenvalue weighted by Gasteiger charge is -2.28. The number of carbonyl (C=O) groups is 1. The van der Waals surface area contributed by atoms with Crippen LogP contribution in [0.15, 0.2) is 47.1 Å². The molecule has 0 spiro atoms. The van der Waals surface area contributed by atoms with Crippen molar-refractivity contribution in [2.75, 3.05) is 0 Å². The predicted octanol–water partition coefficient (Wildman–Crippen LogP) is 3.91. The number of hydrogen-bond acceptors (Lipinski definition) is 5. The van der Waals surface area contributed by atoms with Gasteiger partial charge in [-0.25, -0.2) is 4.79 Å². The molecule has 8 heteroatoms. The van der Waals surface area contributed by atoms with Crippen LogP contribution in [-0.4, -0.2) is 30.1 Å². The molecule has 0 aliphatic heterocycles. The van der Waals surface area contributed by atoms with Crippen molar-refractivity contribution in [1.82, 2.24) is 10.2 Å². The van der Waals surface area contributed by atoms with Crippen LogP contribution in [0.3, 0.4) is 0 Å². The van der Waals surface area contributed by atoms with Crippen LogP contribution in [-0.2, 0) is 23.2 Å². The number of amides is 2. The molecule has 0 radical (unpaired) electrons. The number of rotatable bonds is 7. The van der Waals surface area contributed by atoms with E-state index >= 15 is 0 Å². The standard InChI is InChI=1S/C20H28N2O5S/c1-15(2)28(24,25)27-17-10-8-16(9-11-17)13-22(14-18-7-6-12-26-18)19(23)21-20(3,4)5/h6-12,15H,13-14H2,1-5H3,(H,21,23). The Morgan fingerprint density at radius 3 is 2.29 bits per heavy atom. The molecule has 0 aliphatic carbocycles. The van der Waals surface area contributed by atoms with Crippen LogP contribution >= 0.6 is 0 Å². The number of hydrogen-bond donors (Lipinski definition) is 1. The quantitative estimate of drug-likeness (QED) is 0.702. The van der Waals surface area contributed by atoms with Crippen molar-refractivity contribution in [1.29, 1.82) is 0 Å². The normalized spacial score (nSPS) is 12.1. The van der Waals surface area contributed by atoms with E-state index in [1.54, 1.807) is 55.3 Å². The van der Waals surface area contributed by atoms with E-state index in [-0.39, 0.29) is 17.3 Å². The van der Waals surface area contributed by atoms with Crippen LogP contribution in [0.1, 0.15) is 45.9 Å². The second-order valence-electron chi connectivity index (χ2n) is 7.88. The van der Waals surface area contributed by atoms with E-state index in [1.165, 1.54) is 0 Å². The molecule has 0 bridgehead atoms. The van der Waals surface area contributed by atoms with E-state index in [2.05, 4.69) is 5.32 Å². The van der Waals surface area contributed by atoms with E-state index < -0.39 is 15.4 Å². The summed E-state index contributed by atoms with van der Waals surface area (Å²) in [5.74, 6) is 0.918. The summed E-state index contributed by atoms with van der Waals surface area (Å²) < 4.78 is 34.2. The first-order valence-corrected chi connectivity index (χ1v) is 10.5. The molecule has 1 aromatic carbocycles. The highest BCUT2D eigenvalue weighted by atomic mass is 32.2. The summed E-state index contributed by atoms with van der Waals surface area (Å²) in [5.41, 5.74) is 0.464. The van der Waals surface area contributed by atoms with Gasteiger partial charge in [-0.15, -0.1) is 0 Å². The van der Waals surface area contributed by atoms with Gasteiger partial charge in [0.2, 0.25) is 0 Å². The zero-order chi connectivity index (χ0) is 20.9.